The number of aromatic hydroxyl groups is 1. The Balaban J connectivity index is 2.17. The molecule has 5 heteroatoms. The smallest absolute Gasteiger partial charge is 0.331 e. The lowest BCUT2D eigenvalue weighted by Gasteiger charge is -2.34. The fourth-order valence-electron chi connectivity index (χ4n) is 2.93. The predicted octanol–water partition coefficient (Wildman–Crippen LogP) is 2.19. The molecule has 0 amide bonds. The largest absolute Gasteiger partial charge is 0.494 e. The molecule has 1 fully saturated rings. The van der Waals surface area contributed by atoms with E-state index in [-0.39, 0.29) is 17.5 Å². The molecule has 21 heavy (non-hydrogen) atoms. The van der Waals surface area contributed by atoms with Crippen LogP contribution in [-0.4, -0.2) is 14.7 Å². The minimum absolute atomic E-state index is 0.0338. The van der Waals surface area contributed by atoms with E-state index in [2.05, 4.69) is 11.9 Å². The van der Waals surface area contributed by atoms with E-state index in [1.165, 1.54) is 4.57 Å². The molecule has 1 aliphatic carbocycles. The molecule has 1 aliphatic rings. The Morgan fingerprint density at radius 3 is 2.38 bits per heavy atom. The van der Waals surface area contributed by atoms with Gasteiger partial charge >= 0.3 is 5.69 Å². The molecule has 0 saturated heterocycles. The van der Waals surface area contributed by atoms with E-state index >= 15 is 0 Å². The van der Waals surface area contributed by atoms with Crippen molar-refractivity contribution in [3.8, 4) is 17.0 Å². The highest BCUT2D eigenvalue weighted by molar-refractivity contribution is 5.67. The SMILES string of the molecule is Cc1ccc(-c2c(O)n(C3CC(C)C3)c(=O)[nH]c2=O)cc1. The third-order valence-electron chi connectivity index (χ3n) is 4.17. The molecule has 3 rings (SSSR count). The van der Waals surface area contributed by atoms with E-state index in [1.54, 1.807) is 12.1 Å². The number of rotatable bonds is 2. The van der Waals surface area contributed by atoms with Gasteiger partial charge in [-0.25, -0.2) is 4.79 Å². The van der Waals surface area contributed by atoms with Crippen molar-refractivity contribution in [3.05, 3.63) is 50.7 Å². The normalized spacial score (nSPS) is 21.0. The van der Waals surface area contributed by atoms with Crippen LogP contribution in [0.4, 0.5) is 0 Å². The van der Waals surface area contributed by atoms with Gasteiger partial charge in [-0.15, -0.1) is 0 Å². The summed E-state index contributed by atoms with van der Waals surface area (Å²) in [5, 5.41) is 10.4. The number of nitrogens with zero attached hydrogens (tertiary/aromatic N) is 1. The van der Waals surface area contributed by atoms with E-state index in [0.29, 0.717) is 11.5 Å². The predicted molar refractivity (Wildman–Crippen MR) is 80.6 cm³/mol. The van der Waals surface area contributed by atoms with Crippen LogP contribution in [0.2, 0.25) is 0 Å². The fourth-order valence-corrected chi connectivity index (χ4v) is 2.93. The number of hydrogen-bond acceptors (Lipinski definition) is 3. The molecule has 1 aromatic heterocycles. The van der Waals surface area contributed by atoms with Gasteiger partial charge < -0.3 is 5.11 Å². The average Bonchev–Trinajstić information content (AvgIpc) is 2.38. The van der Waals surface area contributed by atoms with Crippen LogP contribution < -0.4 is 11.2 Å². The molecule has 1 saturated carbocycles. The number of aromatic nitrogens is 2. The van der Waals surface area contributed by atoms with Crippen molar-refractivity contribution in [2.45, 2.75) is 32.7 Å². The second kappa shape index (κ2) is 4.91. The maximum atomic E-state index is 12.1. The Hall–Kier alpha value is -2.30. The number of aromatic amines is 1. The second-order valence-electron chi connectivity index (χ2n) is 5.92. The third-order valence-corrected chi connectivity index (χ3v) is 4.17. The number of nitrogens with one attached hydrogen (secondary N) is 1. The molecule has 110 valence electrons. The van der Waals surface area contributed by atoms with Gasteiger partial charge in [-0.3, -0.25) is 14.3 Å². The highest BCUT2D eigenvalue weighted by atomic mass is 16.3. The summed E-state index contributed by atoms with van der Waals surface area (Å²) in [6.45, 7) is 4.05. The van der Waals surface area contributed by atoms with E-state index in [9.17, 15) is 14.7 Å². The van der Waals surface area contributed by atoms with Crippen molar-refractivity contribution in [3.63, 3.8) is 0 Å². The molecule has 5 nitrogen and oxygen atoms in total. The van der Waals surface area contributed by atoms with Crippen LogP contribution in [0.5, 0.6) is 5.88 Å². The summed E-state index contributed by atoms with van der Waals surface area (Å²) in [5.41, 5.74) is 0.751. The Morgan fingerprint density at radius 2 is 1.81 bits per heavy atom. The third kappa shape index (κ3) is 2.28. The monoisotopic (exact) mass is 286 g/mol. The number of H-pyrrole nitrogens is 1. The van der Waals surface area contributed by atoms with Gasteiger partial charge in [0.25, 0.3) is 5.56 Å². The summed E-state index contributed by atoms with van der Waals surface area (Å²) < 4.78 is 1.32. The second-order valence-corrected chi connectivity index (χ2v) is 5.92. The molecule has 2 aromatic rings. The van der Waals surface area contributed by atoms with Crippen LogP contribution >= 0.6 is 0 Å². The first-order valence-corrected chi connectivity index (χ1v) is 7.12. The summed E-state index contributed by atoms with van der Waals surface area (Å²) in [6, 6.07) is 7.26. The summed E-state index contributed by atoms with van der Waals surface area (Å²) in [4.78, 5) is 26.4. The Labute approximate surface area is 121 Å². The molecule has 1 heterocycles. The van der Waals surface area contributed by atoms with Gasteiger partial charge in [0.1, 0.15) is 5.56 Å². The van der Waals surface area contributed by atoms with Crippen molar-refractivity contribution in [2.24, 2.45) is 5.92 Å². The maximum Gasteiger partial charge on any atom is 0.331 e. The number of benzene rings is 1. The highest BCUT2D eigenvalue weighted by Gasteiger charge is 2.31. The molecular formula is C16H18N2O3. The topological polar surface area (TPSA) is 75.1 Å². The lowest BCUT2D eigenvalue weighted by Crippen LogP contribution is -2.37. The first kappa shape index (κ1) is 13.7. The summed E-state index contributed by atoms with van der Waals surface area (Å²) in [6.07, 6.45) is 1.68. The molecule has 0 radical (unpaired) electrons. The molecule has 0 aliphatic heterocycles. The molecule has 0 bridgehead atoms. The van der Waals surface area contributed by atoms with Gasteiger partial charge in [0, 0.05) is 6.04 Å². The van der Waals surface area contributed by atoms with Gasteiger partial charge in [0.15, 0.2) is 0 Å². The van der Waals surface area contributed by atoms with Gasteiger partial charge in [0.05, 0.1) is 0 Å². The van der Waals surface area contributed by atoms with Crippen LogP contribution in [0.3, 0.4) is 0 Å². The number of hydrogen-bond donors (Lipinski definition) is 2. The van der Waals surface area contributed by atoms with Crippen molar-refractivity contribution < 1.29 is 5.11 Å². The van der Waals surface area contributed by atoms with Crippen LogP contribution in [0.15, 0.2) is 33.9 Å². The number of aryl methyl sites for hydroxylation is 1. The lowest BCUT2D eigenvalue weighted by molar-refractivity contribution is 0.193. The van der Waals surface area contributed by atoms with E-state index < -0.39 is 11.2 Å². The van der Waals surface area contributed by atoms with Gasteiger partial charge in [-0.2, -0.15) is 0 Å². The van der Waals surface area contributed by atoms with E-state index in [4.69, 9.17) is 0 Å². The zero-order valence-electron chi connectivity index (χ0n) is 12.1. The zero-order valence-corrected chi connectivity index (χ0v) is 12.1. The van der Waals surface area contributed by atoms with Crippen LogP contribution in [0.1, 0.15) is 31.4 Å². The van der Waals surface area contributed by atoms with Crippen molar-refractivity contribution in [2.75, 3.05) is 0 Å². The quantitative estimate of drug-likeness (QED) is 0.888. The molecule has 1 aromatic carbocycles. The first-order valence-electron chi connectivity index (χ1n) is 7.12. The van der Waals surface area contributed by atoms with Crippen molar-refractivity contribution in [1.82, 2.24) is 9.55 Å². The standard InChI is InChI=1S/C16H18N2O3/c1-9-3-5-11(6-4-9)13-14(19)17-16(21)18(15(13)20)12-7-10(2)8-12/h3-6,10,12,20H,7-8H2,1-2H3,(H,17,19,21). The molecule has 0 atom stereocenters. The van der Waals surface area contributed by atoms with Crippen LogP contribution in [0.25, 0.3) is 11.1 Å². The minimum atomic E-state index is -0.551. The molecule has 2 N–H and O–H groups in total. The Kier molecular flexibility index (Phi) is 3.20. The summed E-state index contributed by atoms with van der Waals surface area (Å²) in [5.74, 6) is 0.306. The molecular weight excluding hydrogens is 268 g/mol. The van der Waals surface area contributed by atoms with Gasteiger partial charge in [-0.1, -0.05) is 36.8 Å². The summed E-state index contributed by atoms with van der Waals surface area (Å²) in [7, 11) is 0. The Morgan fingerprint density at radius 1 is 1.19 bits per heavy atom. The van der Waals surface area contributed by atoms with Crippen molar-refractivity contribution >= 4 is 0 Å². The molecule has 0 unspecified atom stereocenters. The Bertz CT molecular complexity index is 781. The first-order chi connectivity index (χ1) is 9.97. The van der Waals surface area contributed by atoms with Crippen LogP contribution in [-0.2, 0) is 0 Å². The average molecular weight is 286 g/mol. The van der Waals surface area contributed by atoms with Gasteiger partial charge in [0.2, 0.25) is 5.88 Å². The van der Waals surface area contributed by atoms with E-state index in [1.807, 2.05) is 19.1 Å². The maximum absolute atomic E-state index is 12.1. The van der Waals surface area contributed by atoms with Crippen molar-refractivity contribution in [1.29, 1.82) is 0 Å². The summed E-state index contributed by atoms with van der Waals surface area (Å²) >= 11 is 0. The lowest BCUT2D eigenvalue weighted by atomic mass is 9.81. The highest BCUT2D eigenvalue weighted by Crippen LogP contribution is 2.39. The van der Waals surface area contributed by atoms with Crippen LogP contribution in [0, 0.1) is 12.8 Å². The zero-order chi connectivity index (χ0) is 15.1. The fraction of sp³-hybridized carbons (Fsp3) is 0.375. The molecule has 0 spiro atoms. The van der Waals surface area contributed by atoms with Gasteiger partial charge in [-0.05, 0) is 31.2 Å². The van der Waals surface area contributed by atoms with E-state index in [0.717, 1.165) is 18.4 Å². The minimum Gasteiger partial charge on any atom is -0.494 e.